The Morgan fingerprint density at radius 3 is 2.69 bits per heavy atom. The van der Waals surface area contributed by atoms with Crippen LogP contribution in [0.15, 0.2) is 59.1 Å². The molecule has 0 aliphatic carbocycles. The molecule has 0 aliphatic heterocycles. The fourth-order valence-electron chi connectivity index (χ4n) is 2.84. The van der Waals surface area contributed by atoms with Crippen LogP contribution in [0, 0.1) is 3.95 Å². The number of Topliss-reactive ketones (excluding diaryl/α,β-unsaturated/α-hetero) is 1. The number of rotatable bonds is 6. The minimum absolute atomic E-state index is 0.259. The lowest BCUT2D eigenvalue weighted by Crippen LogP contribution is -2.14. The SMILES string of the molecule is CSc1nn(-c2ccc(C(=O)OCC(=O)c3c[nH]c4ccccc34)cc2)c(=S)s1. The number of thioether (sulfide) groups is 1. The number of hydrogen-bond acceptors (Lipinski definition) is 7. The molecule has 0 fully saturated rings. The number of H-pyrrole nitrogens is 1. The van der Waals surface area contributed by atoms with Crippen LogP contribution in [0.4, 0.5) is 0 Å². The summed E-state index contributed by atoms with van der Waals surface area (Å²) >= 11 is 8.28. The standard InChI is InChI=1S/C20H15N3O3S3/c1-28-19-22-23(20(27)29-19)13-8-6-12(7-9-13)18(25)26-11-17(24)15-10-21-16-5-3-2-4-14(15)16/h2-10,21H,11H2,1H3. The molecular weight excluding hydrogens is 426 g/mol. The second-order valence-corrected chi connectivity index (χ2v) is 8.72. The number of carbonyl (C=O) groups is 2. The van der Waals surface area contributed by atoms with Gasteiger partial charge in [0.2, 0.25) is 5.78 Å². The van der Waals surface area contributed by atoms with Crippen LogP contribution in [0.1, 0.15) is 20.7 Å². The van der Waals surface area contributed by atoms with E-state index in [-0.39, 0.29) is 12.4 Å². The van der Waals surface area contributed by atoms with Crippen molar-refractivity contribution >= 4 is 58.0 Å². The maximum absolute atomic E-state index is 12.4. The van der Waals surface area contributed by atoms with Gasteiger partial charge in [-0.25, -0.2) is 9.48 Å². The molecule has 9 heteroatoms. The highest BCUT2D eigenvalue weighted by atomic mass is 32.2. The highest BCUT2D eigenvalue weighted by molar-refractivity contribution is 8.00. The maximum atomic E-state index is 12.4. The number of nitrogens with zero attached hydrogens (tertiary/aromatic N) is 2. The fourth-order valence-corrected chi connectivity index (χ4v) is 4.62. The Morgan fingerprint density at radius 1 is 1.21 bits per heavy atom. The predicted octanol–water partition coefficient (Wildman–Crippen LogP) is 4.91. The molecule has 2 aromatic carbocycles. The van der Waals surface area contributed by atoms with E-state index >= 15 is 0 Å². The van der Waals surface area contributed by atoms with Crippen LogP contribution in [-0.2, 0) is 4.74 Å². The van der Waals surface area contributed by atoms with Crippen LogP contribution in [0.3, 0.4) is 0 Å². The average Bonchev–Trinajstić information content (AvgIpc) is 3.35. The molecule has 2 aromatic heterocycles. The molecule has 4 aromatic rings. The molecule has 1 N–H and O–H groups in total. The summed E-state index contributed by atoms with van der Waals surface area (Å²) < 4.78 is 8.36. The largest absolute Gasteiger partial charge is 0.454 e. The van der Waals surface area contributed by atoms with Crippen molar-refractivity contribution < 1.29 is 14.3 Å². The lowest BCUT2D eigenvalue weighted by molar-refractivity contribution is 0.0475. The van der Waals surface area contributed by atoms with Gasteiger partial charge >= 0.3 is 5.97 Å². The quantitative estimate of drug-likeness (QED) is 0.198. The van der Waals surface area contributed by atoms with Gasteiger partial charge in [0.15, 0.2) is 14.9 Å². The average molecular weight is 442 g/mol. The number of hydrogen-bond donors (Lipinski definition) is 1. The highest BCUT2D eigenvalue weighted by Gasteiger charge is 2.15. The molecule has 0 radical (unpaired) electrons. The summed E-state index contributed by atoms with van der Waals surface area (Å²) in [6.07, 6.45) is 3.57. The molecule has 6 nitrogen and oxygen atoms in total. The molecule has 0 aliphatic rings. The highest BCUT2D eigenvalue weighted by Crippen LogP contribution is 2.22. The van der Waals surface area contributed by atoms with E-state index in [1.165, 1.54) is 23.1 Å². The molecule has 29 heavy (non-hydrogen) atoms. The van der Waals surface area contributed by atoms with Gasteiger partial charge in [0, 0.05) is 22.7 Å². The van der Waals surface area contributed by atoms with Gasteiger partial charge in [-0.3, -0.25) is 4.79 Å². The van der Waals surface area contributed by atoms with Crippen molar-refractivity contribution in [3.8, 4) is 5.69 Å². The van der Waals surface area contributed by atoms with Crippen LogP contribution in [-0.4, -0.2) is 39.4 Å². The lowest BCUT2D eigenvalue weighted by atomic mass is 10.1. The Bertz CT molecular complexity index is 1260. The van der Waals surface area contributed by atoms with E-state index < -0.39 is 5.97 Å². The van der Waals surface area contributed by atoms with Gasteiger partial charge in [-0.05, 0) is 48.8 Å². The molecular formula is C20H15N3O3S3. The normalized spacial score (nSPS) is 10.9. The maximum Gasteiger partial charge on any atom is 0.338 e. The summed E-state index contributed by atoms with van der Waals surface area (Å²) in [5.74, 6) is -0.817. The zero-order valence-corrected chi connectivity index (χ0v) is 17.7. The van der Waals surface area contributed by atoms with E-state index in [2.05, 4.69) is 10.1 Å². The summed E-state index contributed by atoms with van der Waals surface area (Å²) in [6, 6.07) is 14.2. The van der Waals surface area contributed by atoms with Crippen molar-refractivity contribution in [2.45, 2.75) is 4.34 Å². The second kappa shape index (κ2) is 8.32. The Balaban J connectivity index is 1.44. The fraction of sp³-hybridized carbons (Fsp3) is 0.100. The molecule has 2 heterocycles. The monoisotopic (exact) mass is 441 g/mol. The number of benzene rings is 2. The smallest absolute Gasteiger partial charge is 0.338 e. The van der Waals surface area contributed by atoms with E-state index in [9.17, 15) is 9.59 Å². The first-order chi connectivity index (χ1) is 14.1. The van der Waals surface area contributed by atoms with Gasteiger partial charge in [0.25, 0.3) is 0 Å². The number of ketones is 1. The van der Waals surface area contributed by atoms with E-state index in [0.717, 1.165) is 20.9 Å². The van der Waals surface area contributed by atoms with Gasteiger partial charge in [-0.1, -0.05) is 41.3 Å². The van der Waals surface area contributed by atoms with Gasteiger partial charge in [-0.2, -0.15) is 0 Å². The first kappa shape index (κ1) is 19.6. The van der Waals surface area contributed by atoms with E-state index in [4.69, 9.17) is 17.0 Å². The van der Waals surface area contributed by atoms with Crippen molar-refractivity contribution in [1.29, 1.82) is 0 Å². The van der Waals surface area contributed by atoms with Gasteiger partial charge in [0.05, 0.1) is 11.3 Å². The summed E-state index contributed by atoms with van der Waals surface area (Å²) in [6.45, 7) is -0.323. The van der Waals surface area contributed by atoms with Crippen molar-refractivity contribution in [3.05, 3.63) is 69.8 Å². The predicted molar refractivity (Wildman–Crippen MR) is 117 cm³/mol. The van der Waals surface area contributed by atoms with Crippen molar-refractivity contribution in [1.82, 2.24) is 14.8 Å². The lowest BCUT2D eigenvalue weighted by Gasteiger charge is -2.05. The molecule has 146 valence electrons. The number of nitrogens with one attached hydrogen (secondary N) is 1. The molecule has 0 amide bonds. The van der Waals surface area contributed by atoms with Gasteiger partial charge < -0.3 is 9.72 Å². The summed E-state index contributed by atoms with van der Waals surface area (Å²) in [7, 11) is 0. The molecule has 0 atom stereocenters. The van der Waals surface area contributed by atoms with Gasteiger partial charge in [-0.15, -0.1) is 5.10 Å². The number of esters is 1. The topological polar surface area (TPSA) is 77.0 Å². The van der Waals surface area contributed by atoms with Crippen LogP contribution in [0.5, 0.6) is 0 Å². The number of para-hydroxylation sites is 1. The van der Waals surface area contributed by atoms with E-state index in [1.54, 1.807) is 35.1 Å². The minimum atomic E-state index is -0.559. The van der Waals surface area contributed by atoms with Crippen LogP contribution >= 0.6 is 35.3 Å². The van der Waals surface area contributed by atoms with Gasteiger partial charge in [0.1, 0.15) is 0 Å². The summed E-state index contributed by atoms with van der Waals surface area (Å²) in [5, 5.41) is 5.22. The molecule has 0 bridgehead atoms. The van der Waals surface area contributed by atoms with Crippen LogP contribution < -0.4 is 0 Å². The number of aromatic amines is 1. The summed E-state index contributed by atoms with van der Waals surface area (Å²) in [4.78, 5) is 27.8. The van der Waals surface area contributed by atoms with E-state index in [1.807, 2.05) is 30.5 Å². The molecule has 0 saturated carbocycles. The third-order valence-electron chi connectivity index (χ3n) is 4.28. The first-order valence-electron chi connectivity index (χ1n) is 8.58. The Kier molecular flexibility index (Phi) is 5.61. The van der Waals surface area contributed by atoms with Crippen molar-refractivity contribution in [2.75, 3.05) is 12.9 Å². The van der Waals surface area contributed by atoms with E-state index in [0.29, 0.717) is 15.1 Å². The Hall–Kier alpha value is -2.75. The third kappa shape index (κ3) is 4.02. The van der Waals surface area contributed by atoms with Crippen LogP contribution in [0.25, 0.3) is 16.6 Å². The zero-order chi connectivity index (χ0) is 20.4. The van der Waals surface area contributed by atoms with Crippen molar-refractivity contribution in [2.24, 2.45) is 0 Å². The molecule has 0 unspecified atom stereocenters. The third-order valence-corrected chi connectivity index (χ3v) is 6.48. The van der Waals surface area contributed by atoms with Crippen molar-refractivity contribution in [3.63, 3.8) is 0 Å². The molecule has 0 spiro atoms. The number of aromatic nitrogens is 3. The first-order valence-corrected chi connectivity index (χ1v) is 11.0. The van der Waals surface area contributed by atoms with Crippen LogP contribution in [0.2, 0.25) is 0 Å². The number of fused-ring (bicyclic) bond motifs is 1. The Labute approximate surface area is 179 Å². The summed E-state index contributed by atoms with van der Waals surface area (Å²) in [5.41, 5.74) is 2.49. The molecule has 0 saturated heterocycles. The zero-order valence-electron chi connectivity index (χ0n) is 15.2. The molecule has 4 rings (SSSR count). The Morgan fingerprint density at radius 2 is 1.97 bits per heavy atom. The number of ether oxygens (including phenoxy) is 1. The minimum Gasteiger partial charge on any atom is -0.454 e. The second-order valence-electron chi connectivity index (χ2n) is 6.04. The number of carbonyl (C=O) groups excluding carboxylic acids is 2.